The zero-order valence-electron chi connectivity index (χ0n) is 14.1. The first-order chi connectivity index (χ1) is 13.0. The van der Waals surface area contributed by atoms with Gasteiger partial charge in [0.1, 0.15) is 10.8 Å². The Balaban J connectivity index is 1.77. The van der Waals surface area contributed by atoms with Gasteiger partial charge in [-0.05, 0) is 30.3 Å². The van der Waals surface area contributed by atoms with Gasteiger partial charge in [-0.2, -0.15) is 0 Å². The maximum Gasteiger partial charge on any atom is 0.269 e. The van der Waals surface area contributed by atoms with Gasteiger partial charge in [-0.3, -0.25) is 19.9 Å². The lowest BCUT2D eigenvalue weighted by molar-refractivity contribution is -0.384. The highest BCUT2D eigenvalue weighted by Gasteiger charge is 2.17. The molecular formula is C18H13ClN4O4. The number of aromatic nitrogens is 2. The van der Waals surface area contributed by atoms with Gasteiger partial charge in [0.05, 0.1) is 22.4 Å². The maximum atomic E-state index is 12.6. The normalized spacial score (nSPS) is 10.3. The number of halogens is 1. The Hall–Kier alpha value is -3.52. The summed E-state index contributed by atoms with van der Waals surface area (Å²) >= 11 is 6.18. The molecule has 9 heteroatoms. The number of non-ortho nitro benzene ring substituents is 1. The van der Waals surface area contributed by atoms with Gasteiger partial charge in [-0.1, -0.05) is 11.6 Å². The number of carbonyl (C=O) groups excluding carboxylic acids is 1. The van der Waals surface area contributed by atoms with Crippen LogP contribution >= 0.6 is 11.6 Å². The number of nitro groups is 1. The van der Waals surface area contributed by atoms with Gasteiger partial charge in [0, 0.05) is 31.6 Å². The van der Waals surface area contributed by atoms with Crippen LogP contribution in [0.1, 0.15) is 10.4 Å². The molecule has 2 aromatic heterocycles. The molecule has 0 radical (unpaired) electrons. The minimum absolute atomic E-state index is 0.0548. The van der Waals surface area contributed by atoms with Gasteiger partial charge in [0.15, 0.2) is 0 Å². The number of carbonyl (C=O) groups is 1. The average Bonchev–Trinajstić information content (AvgIpc) is 2.69. The van der Waals surface area contributed by atoms with Gasteiger partial charge < -0.3 is 9.64 Å². The van der Waals surface area contributed by atoms with Crippen LogP contribution < -0.4 is 9.64 Å². The highest BCUT2D eigenvalue weighted by atomic mass is 35.5. The molecule has 0 aliphatic heterocycles. The van der Waals surface area contributed by atoms with E-state index in [1.54, 1.807) is 31.6 Å². The van der Waals surface area contributed by atoms with Gasteiger partial charge >= 0.3 is 0 Å². The van der Waals surface area contributed by atoms with Crippen LogP contribution in [0, 0.1) is 10.1 Å². The summed E-state index contributed by atoms with van der Waals surface area (Å²) in [7, 11) is 1.62. The molecule has 0 unspecified atom stereocenters. The van der Waals surface area contributed by atoms with Crippen molar-refractivity contribution in [1.29, 1.82) is 0 Å². The van der Waals surface area contributed by atoms with Crippen molar-refractivity contribution in [2.45, 2.75) is 0 Å². The van der Waals surface area contributed by atoms with Crippen molar-refractivity contribution >= 4 is 28.9 Å². The Bertz CT molecular complexity index is 980. The van der Waals surface area contributed by atoms with E-state index in [1.165, 1.54) is 41.4 Å². The SMILES string of the molecule is CN(C(=O)c1cnc(Oc2ccc([N+](=O)[O-])cc2)c(Cl)c1)c1cccnc1. The van der Waals surface area contributed by atoms with E-state index < -0.39 is 4.92 Å². The zero-order valence-corrected chi connectivity index (χ0v) is 14.8. The first kappa shape index (κ1) is 18.3. The van der Waals surface area contributed by atoms with Crippen molar-refractivity contribution in [3.8, 4) is 11.6 Å². The second-order valence-corrected chi connectivity index (χ2v) is 5.85. The van der Waals surface area contributed by atoms with E-state index in [4.69, 9.17) is 16.3 Å². The smallest absolute Gasteiger partial charge is 0.269 e. The third-order valence-electron chi connectivity index (χ3n) is 3.65. The van der Waals surface area contributed by atoms with Crippen molar-refractivity contribution < 1.29 is 14.5 Å². The summed E-state index contributed by atoms with van der Waals surface area (Å²) in [5, 5.41) is 10.8. The molecule has 27 heavy (non-hydrogen) atoms. The summed E-state index contributed by atoms with van der Waals surface area (Å²) in [6.07, 6.45) is 4.53. The van der Waals surface area contributed by atoms with Crippen molar-refractivity contribution in [1.82, 2.24) is 9.97 Å². The molecule has 1 aromatic carbocycles. The molecule has 0 saturated carbocycles. The number of amides is 1. The first-order valence-electron chi connectivity index (χ1n) is 7.71. The summed E-state index contributed by atoms with van der Waals surface area (Å²) in [6, 6.07) is 10.4. The van der Waals surface area contributed by atoms with E-state index in [-0.39, 0.29) is 28.1 Å². The van der Waals surface area contributed by atoms with Gasteiger partial charge in [0.25, 0.3) is 11.6 Å². The van der Waals surface area contributed by atoms with Gasteiger partial charge in [-0.15, -0.1) is 0 Å². The lowest BCUT2D eigenvalue weighted by Gasteiger charge is -2.17. The van der Waals surface area contributed by atoms with Crippen LogP contribution in [0.25, 0.3) is 0 Å². The van der Waals surface area contributed by atoms with Crippen molar-refractivity contribution in [2.24, 2.45) is 0 Å². The Morgan fingerprint density at radius 2 is 1.96 bits per heavy atom. The molecular weight excluding hydrogens is 372 g/mol. The molecule has 0 N–H and O–H groups in total. The largest absolute Gasteiger partial charge is 0.438 e. The molecule has 2 heterocycles. The molecule has 3 aromatic rings. The number of hydrogen-bond donors (Lipinski definition) is 0. The third kappa shape index (κ3) is 4.18. The quantitative estimate of drug-likeness (QED) is 0.485. The van der Waals surface area contributed by atoms with E-state index in [1.807, 2.05) is 0 Å². The number of ether oxygens (including phenoxy) is 1. The summed E-state index contributed by atoms with van der Waals surface area (Å²) in [6.45, 7) is 0. The number of rotatable bonds is 5. The van der Waals surface area contributed by atoms with Crippen molar-refractivity contribution in [3.63, 3.8) is 0 Å². The number of pyridine rings is 2. The molecule has 0 saturated heterocycles. The fourth-order valence-electron chi connectivity index (χ4n) is 2.23. The maximum absolute atomic E-state index is 12.6. The molecule has 0 bridgehead atoms. The molecule has 0 aliphatic rings. The molecule has 136 valence electrons. The molecule has 0 spiro atoms. The second kappa shape index (κ2) is 7.79. The fourth-order valence-corrected chi connectivity index (χ4v) is 2.43. The summed E-state index contributed by atoms with van der Waals surface area (Å²) in [5.41, 5.74) is 0.855. The lowest BCUT2D eigenvalue weighted by atomic mass is 10.2. The predicted molar refractivity (Wildman–Crippen MR) is 99.4 cm³/mol. The highest BCUT2D eigenvalue weighted by molar-refractivity contribution is 6.32. The Labute approximate surface area is 159 Å². The Morgan fingerprint density at radius 3 is 2.56 bits per heavy atom. The number of anilines is 1. The van der Waals surface area contributed by atoms with E-state index >= 15 is 0 Å². The van der Waals surface area contributed by atoms with Crippen LogP contribution in [0.3, 0.4) is 0 Å². The monoisotopic (exact) mass is 384 g/mol. The van der Waals surface area contributed by atoms with Crippen LogP contribution in [0.4, 0.5) is 11.4 Å². The summed E-state index contributed by atoms with van der Waals surface area (Å²) < 4.78 is 5.52. The predicted octanol–water partition coefficient (Wildman–Crippen LogP) is 4.11. The van der Waals surface area contributed by atoms with Crippen LogP contribution in [0.2, 0.25) is 5.02 Å². The first-order valence-corrected chi connectivity index (χ1v) is 8.09. The van der Waals surface area contributed by atoms with Crippen molar-refractivity contribution in [2.75, 3.05) is 11.9 Å². The molecule has 3 rings (SSSR count). The van der Waals surface area contributed by atoms with Crippen molar-refractivity contribution in [3.05, 3.63) is 81.8 Å². The third-order valence-corrected chi connectivity index (χ3v) is 3.93. The topological polar surface area (TPSA) is 98.5 Å². The van der Waals surface area contributed by atoms with E-state index in [2.05, 4.69) is 9.97 Å². The second-order valence-electron chi connectivity index (χ2n) is 5.44. The van der Waals surface area contributed by atoms with Gasteiger partial charge in [-0.25, -0.2) is 4.98 Å². The lowest BCUT2D eigenvalue weighted by Crippen LogP contribution is -2.26. The standard InChI is InChI=1S/C18H13ClN4O4/c1-22(14-3-2-8-20-11-14)18(24)12-9-16(19)17(21-10-12)27-15-6-4-13(5-7-15)23(25)26/h2-11H,1H3. The highest BCUT2D eigenvalue weighted by Crippen LogP contribution is 2.29. The Morgan fingerprint density at radius 1 is 1.22 bits per heavy atom. The van der Waals surface area contributed by atoms with Gasteiger partial charge in [0.2, 0.25) is 5.88 Å². The molecule has 1 amide bonds. The molecule has 0 fully saturated rings. The van der Waals surface area contributed by atoms with E-state index in [9.17, 15) is 14.9 Å². The minimum atomic E-state index is -0.506. The number of nitro benzene ring substituents is 1. The Kier molecular flexibility index (Phi) is 5.28. The van der Waals surface area contributed by atoms with E-state index in [0.717, 1.165) is 0 Å². The molecule has 8 nitrogen and oxygen atoms in total. The van der Waals surface area contributed by atoms with Crippen LogP contribution in [-0.2, 0) is 0 Å². The van der Waals surface area contributed by atoms with Crippen LogP contribution in [-0.4, -0.2) is 27.8 Å². The summed E-state index contributed by atoms with van der Waals surface area (Å²) in [5.74, 6) is 0.118. The van der Waals surface area contributed by atoms with Crippen LogP contribution in [0.5, 0.6) is 11.6 Å². The van der Waals surface area contributed by atoms with Crippen LogP contribution in [0.15, 0.2) is 61.1 Å². The zero-order chi connectivity index (χ0) is 19.4. The number of hydrogen-bond acceptors (Lipinski definition) is 6. The number of benzene rings is 1. The molecule has 0 aliphatic carbocycles. The van der Waals surface area contributed by atoms with E-state index in [0.29, 0.717) is 11.4 Å². The molecule has 0 atom stereocenters. The minimum Gasteiger partial charge on any atom is -0.438 e. The fraction of sp³-hybridized carbons (Fsp3) is 0.0556. The average molecular weight is 385 g/mol. The number of nitrogens with zero attached hydrogens (tertiary/aromatic N) is 4. The summed E-state index contributed by atoms with van der Waals surface area (Å²) in [4.78, 5) is 32.2.